The Balaban J connectivity index is 1.79. The predicted molar refractivity (Wildman–Crippen MR) is 78.7 cm³/mol. The maximum absolute atomic E-state index is 12.7. The van der Waals surface area contributed by atoms with E-state index >= 15 is 0 Å². The van der Waals surface area contributed by atoms with Crippen LogP contribution in [0.2, 0.25) is 0 Å². The number of rotatable bonds is 3. The summed E-state index contributed by atoms with van der Waals surface area (Å²) in [4.78, 5) is 15.2. The highest BCUT2D eigenvalue weighted by molar-refractivity contribution is 5.98. The number of benzene rings is 1. The molecule has 0 spiro atoms. The van der Waals surface area contributed by atoms with Crippen LogP contribution in [0, 0.1) is 5.92 Å². The van der Waals surface area contributed by atoms with E-state index in [0.717, 1.165) is 31.5 Å². The Labute approximate surface area is 120 Å². The standard InChI is InChI=1S/C17H23NO2/c19-15-10-9-14(18-11-5-2-6-12-18)16(15)17(20)13-7-3-1-4-8-13/h1,3-4,7-8,14-16,19H,2,5-6,9-12H2/t14-,15-,16+/m0/s1. The van der Waals surface area contributed by atoms with Gasteiger partial charge in [-0.15, -0.1) is 0 Å². The maximum atomic E-state index is 12.7. The Kier molecular flexibility index (Phi) is 4.18. The lowest BCUT2D eigenvalue weighted by Gasteiger charge is -2.35. The van der Waals surface area contributed by atoms with Gasteiger partial charge in [0.2, 0.25) is 0 Å². The fraction of sp³-hybridized carbons (Fsp3) is 0.588. The minimum atomic E-state index is -0.477. The molecule has 3 heteroatoms. The van der Waals surface area contributed by atoms with Crippen LogP contribution in [0.15, 0.2) is 30.3 Å². The van der Waals surface area contributed by atoms with Crippen LogP contribution in [0.25, 0.3) is 0 Å². The number of piperidine rings is 1. The lowest BCUT2D eigenvalue weighted by Crippen LogP contribution is -2.45. The van der Waals surface area contributed by atoms with Crippen molar-refractivity contribution in [3.8, 4) is 0 Å². The van der Waals surface area contributed by atoms with E-state index in [1.165, 1.54) is 19.3 Å². The second kappa shape index (κ2) is 6.06. The van der Waals surface area contributed by atoms with Crippen LogP contribution in [-0.4, -0.2) is 41.0 Å². The molecular formula is C17H23NO2. The lowest BCUT2D eigenvalue weighted by molar-refractivity contribution is 0.0550. The minimum absolute atomic E-state index is 0.117. The van der Waals surface area contributed by atoms with Gasteiger partial charge in [-0.1, -0.05) is 36.8 Å². The van der Waals surface area contributed by atoms with Crippen molar-refractivity contribution in [2.75, 3.05) is 13.1 Å². The molecule has 0 bridgehead atoms. The second-order valence-corrected chi connectivity index (χ2v) is 6.06. The first-order chi connectivity index (χ1) is 9.77. The van der Waals surface area contributed by atoms with Crippen LogP contribution >= 0.6 is 0 Å². The zero-order chi connectivity index (χ0) is 13.9. The third-order valence-corrected chi connectivity index (χ3v) is 4.81. The third-order valence-electron chi connectivity index (χ3n) is 4.81. The van der Waals surface area contributed by atoms with E-state index in [-0.39, 0.29) is 17.7 Å². The van der Waals surface area contributed by atoms with Crippen molar-refractivity contribution in [2.24, 2.45) is 5.92 Å². The monoisotopic (exact) mass is 273 g/mol. The number of likely N-dealkylation sites (tertiary alicyclic amines) is 1. The zero-order valence-corrected chi connectivity index (χ0v) is 11.9. The van der Waals surface area contributed by atoms with Gasteiger partial charge in [-0.25, -0.2) is 0 Å². The summed E-state index contributed by atoms with van der Waals surface area (Å²) in [7, 11) is 0. The molecule has 0 radical (unpaired) electrons. The normalized spacial score (nSPS) is 31.4. The van der Waals surface area contributed by atoms with Gasteiger partial charge in [0, 0.05) is 11.6 Å². The average molecular weight is 273 g/mol. The molecule has 1 saturated heterocycles. The number of aliphatic hydroxyl groups excluding tert-OH is 1. The zero-order valence-electron chi connectivity index (χ0n) is 11.9. The van der Waals surface area contributed by atoms with Crippen molar-refractivity contribution < 1.29 is 9.90 Å². The van der Waals surface area contributed by atoms with E-state index in [2.05, 4.69) is 4.90 Å². The lowest BCUT2D eigenvalue weighted by atomic mass is 9.90. The van der Waals surface area contributed by atoms with Crippen LogP contribution in [-0.2, 0) is 0 Å². The first kappa shape index (κ1) is 13.8. The van der Waals surface area contributed by atoms with Crippen LogP contribution in [0.3, 0.4) is 0 Å². The van der Waals surface area contributed by atoms with Gasteiger partial charge in [0.05, 0.1) is 12.0 Å². The van der Waals surface area contributed by atoms with Gasteiger partial charge < -0.3 is 5.11 Å². The number of ketones is 1. The molecule has 1 aliphatic heterocycles. The Hall–Kier alpha value is -1.19. The number of carbonyl (C=O) groups excluding carboxylic acids is 1. The van der Waals surface area contributed by atoms with E-state index in [4.69, 9.17) is 0 Å². The van der Waals surface area contributed by atoms with Gasteiger partial charge in [0.25, 0.3) is 0 Å². The summed E-state index contributed by atoms with van der Waals surface area (Å²) in [5, 5.41) is 10.3. The Morgan fingerprint density at radius 3 is 2.45 bits per heavy atom. The molecule has 2 fully saturated rings. The summed E-state index contributed by atoms with van der Waals surface area (Å²) < 4.78 is 0. The smallest absolute Gasteiger partial charge is 0.170 e. The van der Waals surface area contributed by atoms with Crippen LogP contribution in [0.1, 0.15) is 42.5 Å². The van der Waals surface area contributed by atoms with E-state index < -0.39 is 6.10 Å². The van der Waals surface area contributed by atoms with Gasteiger partial charge in [-0.3, -0.25) is 9.69 Å². The molecule has 0 aromatic heterocycles. The molecule has 1 heterocycles. The summed E-state index contributed by atoms with van der Waals surface area (Å²) in [5.41, 5.74) is 0.737. The van der Waals surface area contributed by atoms with Crippen molar-refractivity contribution in [3.63, 3.8) is 0 Å². The molecule has 3 rings (SSSR count). The SMILES string of the molecule is O=C(c1ccccc1)[C@H]1[C@@H](O)CC[C@@H]1N1CCCCC1. The molecule has 20 heavy (non-hydrogen) atoms. The highest BCUT2D eigenvalue weighted by atomic mass is 16.3. The van der Waals surface area contributed by atoms with Crippen molar-refractivity contribution in [2.45, 2.75) is 44.2 Å². The summed E-state index contributed by atoms with van der Waals surface area (Å²) in [6.07, 6.45) is 4.96. The Morgan fingerprint density at radius 2 is 1.75 bits per heavy atom. The van der Waals surface area contributed by atoms with Gasteiger partial charge in [-0.2, -0.15) is 0 Å². The fourth-order valence-corrected chi connectivity index (χ4v) is 3.76. The molecule has 1 aromatic rings. The van der Waals surface area contributed by atoms with Crippen molar-refractivity contribution >= 4 is 5.78 Å². The van der Waals surface area contributed by atoms with Crippen LogP contribution < -0.4 is 0 Å². The number of aliphatic hydroxyl groups is 1. The third kappa shape index (κ3) is 2.65. The van der Waals surface area contributed by atoms with Gasteiger partial charge >= 0.3 is 0 Å². The summed E-state index contributed by atoms with van der Waals surface area (Å²) >= 11 is 0. The first-order valence-corrected chi connectivity index (χ1v) is 7.79. The number of hydrogen-bond donors (Lipinski definition) is 1. The second-order valence-electron chi connectivity index (χ2n) is 6.06. The number of nitrogens with zero attached hydrogens (tertiary/aromatic N) is 1. The number of carbonyl (C=O) groups is 1. The van der Waals surface area contributed by atoms with E-state index in [0.29, 0.717) is 0 Å². The number of hydrogen-bond acceptors (Lipinski definition) is 3. The van der Waals surface area contributed by atoms with Crippen molar-refractivity contribution in [1.82, 2.24) is 4.90 Å². The molecular weight excluding hydrogens is 250 g/mol. The molecule has 1 saturated carbocycles. The molecule has 2 aliphatic rings. The molecule has 0 unspecified atom stereocenters. The Morgan fingerprint density at radius 1 is 1.05 bits per heavy atom. The van der Waals surface area contributed by atoms with Gasteiger partial charge in [0.15, 0.2) is 5.78 Å². The van der Waals surface area contributed by atoms with Gasteiger partial charge in [0.1, 0.15) is 0 Å². The van der Waals surface area contributed by atoms with Crippen molar-refractivity contribution in [3.05, 3.63) is 35.9 Å². The molecule has 1 aliphatic carbocycles. The van der Waals surface area contributed by atoms with Gasteiger partial charge in [-0.05, 0) is 38.8 Å². The first-order valence-electron chi connectivity index (χ1n) is 7.79. The summed E-state index contributed by atoms with van der Waals surface area (Å²) in [5.74, 6) is -0.123. The molecule has 3 nitrogen and oxygen atoms in total. The topological polar surface area (TPSA) is 40.5 Å². The van der Waals surface area contributed by atoms with Crippen LogP contribution in [0.5, 0.6) is 0 Å². The van der Waals surface area contributed by atoms with Crippen LogP contribution in [0.4, 0.5) is 0 Å². The molecule has 1 aromatic carbocycles. The quantitative estimate of drug-likeness (QED) is 0.860. The predicted octanol–water partition coefficient (Wildman–Crippen LogP) is 2.49. The highest BCUT2D eigenvalue weighted by Crippen LogP contribution is 2.34. The molecule has 3 atom stereocenters. The molecule has 1 N–H and O–H groups in total. The summed E-state index contributed by atoms with van der Waals surface area (Å²) in [6, 6.07) is 9.67. The Bertz CT molecular complexity index is 453. The molecule has 108 valence electrons. The number of Topliss-reactive ketones (excluding diaryl/α,β-unsaturated/α-hetero) is 1. The van der Waals surface area contributed by atoms with E-state index in [9.17, 15) is 9.90 Å². The van der Waals surface area contributed by atoms with E-state index in [1.54, 1.807) is 0 Å². The molecule has 0 amide bonds. The minimum Gasteiger partial charge on any atom is -0.392 e. The van der Waals surface area contributed by atoms with Crippen molar-refractivity contribution in [1.29, 1.82) is 0 Å². The summed E-state index contributed by atoms with van der Waals surface area (Å²) in [6.45, 7) is 2.16. The highest BCUT2D eigenvalue weighted by Gasteiger charge is 2.43. The fourth-order valence-electron chi connectivity index (χ4n) is 3.76. The largest absolute Gasteiger partial charge is 0.392 e. The maximum Gasteiger partial charge on any atom is 0.170 e. The average Bonchev–Trinajstić information content (AvgIpc) is 2.90. The van der Waals surface area contributed by atoms with E-state index in [1.807, 2.05) is 30.3 Å².